The second kappa shape index (κ2) is 7.76. The molecule has 0 aliphatic rings. The number of nitrogens with one attached hydrogen (secondary N) is 2. The van der Waals surface area contributed by atoms with Crippen molar-refractivity contribution in [1.29, 1.82) is 0 Å². The summed E-state index contributed by atoms with van der Waals surface area (Å²) in [5.41, 5.74) is 1.67. The minimum atomic E-state index is -1.37. The quantitative estimate of drug-likeness (QED) is 0.642. The number of benzene rings is 1. The van der Waals surface area contributed by atoms with Crippen LogP contribution in [0.5, 0.6) is 0 Å². The van der Waals surface area contributed by atoms with Crippen LogP contribution in [0.15, 0.2) is 24.3 Å². The Hall–Kier alpha value is -2.37. The molecule has 1 atom stereocenters. The Labute approximate surface area is 136 Å². The van der Waals surface area contributed by atoms with Gasteiger partial charge in [0.05, 0.1) is 6.61 Å². The fourth-order valence-corrected chi connectivity index (χ4v) is 1.93. The van der Waals surface area contributed by atoms with Crippen LogP contribution in [0, 0.1) is 0 Å². The van der Waals surface area contributed by atoms with Crippen LogP contribution in [0.1, 0.15) is 40.2 Å². The van der Waals surface area contributed by atoms with Crippen molar-refractivity contribution in [2.45, 2.75) is 46.1 Å². The van der Waals surface area contributed by atoms with Crippen LogP contribution in [-0.2, 0) is 24.5 Å². The van der Waals surface area contributed by atoms with Crippen LogP contribution in [0.2, 0.25) is 0 Å². The van der Waals surface area contributed by atoms with Crippen molar-refractivity contribution in [3.05, 3.63) is 29.8 Å². The number of hydrogen-bond acceptors (Lipinski definition) is 4. The molecule has 1 aromatic rings. The van der Waals surface area contributed by atoms with Crippen LogP contribution in [0.3, 0.4) is 0 Å². The van der Waals surface area contributed by atoms with E-state index in [1.165, 1.54) is 6.92 Å². The molecule has 0 heterocycles. The zero-order chi connectivity index (χ0) is 17.6. The highest BCUT2D eigenvalue weighted by Crippen LogP contribution is 2.23. The highest BCUT2D eigenvalue weighted by molar-refractivity contribution is 6.10. The number of ether oxygens (including phenoxy) is 1. The average Bonchev–Trinajstić information content (AvgIpc) is 2.44. The Kier molecular flexibility index (Phi) is 6.30. The molecule has 2 amide bonds. The Bertz CT molecular complexity index is 573. The van der Waals surface area contributed by atoms with Gasteiger partial charge in [-0.05, 0) is 30.0 Å². The number of anilines is 1. The molecule has 1 aromatic carbocycles. The molecule has 0 fully saturated rings. The monoisotopic (exact) mass is 320 g/mol. The number of carbonyl (C=O) groups is 3. The lowest BCUT2D eigenvalue weighted by molar-refractivity contribution is -0.149. The summed E-state index contributed by atoms with van der Waals surface area (Å²) in [6.45, 7) is 9.27. The molecule has 0 aromatic heterocycles. The van der Waals surface area contributed by atoms with E-state index in [0.717, 1.165) is 5.56 Å². The molecule has 2 N–H and O–H groups in total. The minimum Gasteiger partial charge on any atom is -0.464 e. The van der Waals surface area contributed by atoms with Crippen molar-refractivity contribution in [3.8, 4) is 0 Å². The maximum atomic E-state index is 12.2. The summed E-state index contributed by atoms with van der Waals surface area (Å²) in [7, 11) is 0. The van der Waals surface area contributed by atoms with Gasteiger partial charge >= 0.3 is 5.97 Å². The lowest BCUT2D eigenvalue weighted by Crippen LogP contribution is -2.49. The maximum Gasteiger partial charge on any atom is 0.338 e. The van der Waals surface area contributed by atoms with E-state index in [0.29, 0.717) is 5.69 Å². The number of amides is 2. The molecule has 1 rings (SSSR count). The molecular weight excluding hydrogens is 296 g/mol. The van der Waals surface area contributed by atoms with Crippen molar-refractivity contribution in [2.24, 2.45) is 0 Å². The van der Waals surface area contributed by atoms with Gasteiger partial charge in [0, 0.05) is 12.6 Å². The normalized spacial score (nSPS) is 12.2. The van der Waals surface area contributed by atoms with Crippen LogP contribution in [-0.4, -0.2) is 30.4 Å². The van der Waals surface area contributed by atoms with E-state index >= 15 is 0 Å². The van der Waals surface area contributed by atoms with Gasteiger partial charge in [0.25, 0.3) is 5.91 Å². The zero-order valence-electron chi connectivity index (χ0n) is 14.2. The second-order valence-electron chi connectivity index (χ2n) is 6.20. The summed E-state index contributed by atoms with van der Waals surface area (Å²) >= 11 is 0. The van der Waals surface area contributed by atoms with E-state index < -0.39 is 23.8 Å². The van der Waals surface area contributed by atoms with Gasteiger partial charge in [-0.3, -0.25) is 9.59 Å². The van der Waals surface area contributed by atoms with Gasteiger partial charge in [-0.15, -0.1) is 0 Å². The van der Waals surface area contributed by atoms with Gasteiger partial charge in [0.15, 0.2) is 0 Å². The lowest BCUT2D eigenvalue weighted by atomic mass is 9.87. The zero-order valence-corrected chi connectivity index (χ0v) is 14.2. The van der Waals surface area contributed by atoms with Crippen molar-refractivity contribution >= 4 is 23.5 Å². The molecule has 0 saturated heterocycles. The molecule has 0 spiro atoms. The van der Waals surface area contributed by atoms with Crippen LogP contribution < -0.4 is 10.6 Å². The average molecular weight is 320 g/mol. The van der Waals surface area contributed by atoms with Gasteiger partial charge in [-0.1, -0.05) is 32.9 Å². The van der Waals surface area contributed by atoms with Crippen LogP contribution in [0.4, 0.5) is 5.69 Å². The molecular formula is C17H24N2O4. The van der Waals surface area contributed by atoms with Gasteiger partial charge in [-0.2, -0.15) is 0 Å². The fourth-order valence-electron chi connectivity index (χ4n) is 1.93. The summed E-state index contributed by atoms with van der Waals surface area (Å²) in [6, 6.07) is 5.97. The van der Waals surface area contributed by atoms with E-state index in [9.17, 15) is 14.4 Å². The Morgan fingerprint density at radius 3 is 2.13 bits per heavy atom. The summed E-state index contributed by atoms with van der Waals surface area (Å²) in [6.07, 6.45) is 0. The van der Waals surface area contributed by atoms with E-state index in [2.05, 4.69) is 31.4 Å². The van der Waals surface area contributed by atoms with E-state index in [1.807, 2.05) is 12.1 Å². The first-order valence-electron chi connectivity index (χ1n) is 7.50. The van der Waals surface area contributed by atoms with Gasteiger partial charge < -0.3 is 15.4 Å². The molecule has 6 heteroatoms. The van der Waals surface area contributed by atoms with Crippen molar-refractivity contribution in [2.75, 3.05) is 11.9 Å². The molecule has 0 aliphatic carbocycles. The Morgan fingerprint density at radius 2 is 1.70 bits per heavy atom. The van der Waals surface area contributed by atoms with Crippen LogP contribution in [0.25, 0.3) is 0 Å². The highest BCUT2D eigenvalue weighted by Gasteiger charge is 2.29. The van der Waals surface area contributed by atoms with Crippen LogP contribution >= 0.6 is 0 Å². The van der Waals surface area contributed by atoms with Gasteiger partial charge in [-0.25, -0.2) is 4.79 Å². The SMILES string of the molecule is CCOC(=O)[C@@H](NC(C)=O)C(=O)Nc1ccc(C(C)(C)C)cc1. The predicted octanol–water partition coefficient (Wildman–Crippen LogP) is 1.99. The smallest absolute Gasteiger partial charge is 0.338 e. The molecule has 0 bridgehead atoms. The summed E-state index contributed by atoms with van der Waals surface area (Å²) in [4.78, 5) is 35.2. The van der Waals surface area contributed by atoms with Gasteiger partial charge in [0.1, 0.15) is 0 Å². The molecule has 6 nitrogen and oxygen atoms in total. The van der Waals surface area contributed by atoms with Crippen molar-refractivity contribution < 1.29 is 19.1 Å². The fraction of sp³-hybridized carbons (Fsp3) is 0.471. The van der Waals surface area contributed by atoms with E-state index in [-0.39, 0.29) is 12.0 Å². The maximum absolute atomic E-state index is 12.2. The van der Waals surface area contributed by atoms with E-state index in [1.54, 1.807) is 19.1 Å². The molecule has 0 unspecified atom stereocenters. The standard InChI is InChI=1S/C17H24N2O4/c1-6-23-16(22)14(18-11(2)20)15(21)19-13-9-7-12(8-10-13)17(3,4)5/h7-10,14H,6H2,1-5H3,(H,18,20)(H,19,21)/t14-/m0/s1. The van der Waals surface area contributed by atoms with Crippen molar-refractivity contribution in [3.63, 3.8) is 0 Å². The van der Waals surface area contributed by atoms with E-state index in [4.69, 9.17) is 4.74 Å². The third-order valence-corrected chi connectivity index (χ3v) is 3.15. The summed E-state index contributed by atoms with van der Waals surface area (Å²) in [5.74, 6) is -1.91. The first-order valence-corrected chi connectivity index (χ1v) is 7.50. The molecule has 0 aliphatic heterocycles. The predicted molar refractivity (Wildman–Crippen MR) is 88.0 cm³/mol. The second-order valence-corrected chi connectivity index (χ2v) is 6.20. The lowest BCUT2D eigenvalue weighted by Gasteiger charge is -2.20. The Morgan fingerprint density at radius 1 is 1.13 bits per heavy atom. The summed E-state index contributed by atoms with van der Waals surface area (Å²) in [5, 5.41) is 4.91. The first-order chi connectivity index (χ1) is 10.6. The highest BCUT2D eigenvalue weighted by atomic mass is 16.5. The molecule has 23 heavy (non-hydrogen) atoms. The third-order valence-electron chi connectivity index (χ3n) is 3.15. The molecule has 0 radical (unpaired) electrons. The summed E-state index contributed by atoms with van der Waals surface area (Å²) < 4.78 is 4.81. The number of esters is 1. The Balaban J connectivity index is 2.85. The minimum absolute atomic E-state index is 0.00614. The molecule has 126 valence electrons. The largest absolute Gasteiger partial charge is 0.464 e. The van der Waals surface area contributed by atoms with Gasteiger partial charge in [0.2, 0.25) is 11.9 Å². The molecule has 0 saturated carbocycles. The number of rotatable bonds is 5. The first kappa shape index (κ1) is 18.7. The number of hydrogen-bond donors (Lipinski definition) is 2. The van der Waals surface area contributed by atoms with Crippen molar-refractivity contribution in [1.82, 2.24) is 5.32 Å². The topological polar surface area (TPSA) is 84.5 Å². The number of carbonyl (C=O) groups excluding carboxylic acids is 3. The third kappa shape index (κ3) is 5.73.